The normalized spacial score (nSPS) is 10.3. The lowest BCUT2D eigenvalue weighted by Gasteiger charge is -2.04. The first-order valence-corrected chi connectivity index (χ1v) is 7.32. The highest BCUT2D eigenvalue weighted by Crippen LogP contribution is 2.26. The Morgan fingerprint density at radius 2 is 1.47 bits per heavy atom. The second kappa shape index (κ2) is 5.14. The van der Waals surface area contributed by atoms with Gasteiger partial charge in [-0.1, -0.05) is 28.1 Å². The molecule has 76 valence electrons. The smallest absolute Gasteiger partial charge is 0.0181 e. The molecule has 2 aromatic rings. The average molecular weight is 485 g/mol. The van der Waals surface area contributed by atoms with Crippen molar-refractivity contribution in [2.24, 2.45) is 0 Å². The molecule has 2 aromatic carbocycles. The number of hydrogen-bond acceptors (Lipinski definition) is 0. The van der Waals surface area contributed by atoms with Gasteiger partial charge in [0.2, 0.25) is 0 Å². The molecule has 0 fully saturated rings. The quantitative estimate of drug-likeness (QED) is 0.480. The summed E-state index contributed by atoms with van der Waals surface area (Å²) in [6, 6.07) is 14.9. The predicted molar refractivity (Wildman–Crippen MR) is 85.0 cm³/mol. The Hall–Kier alpha value is 0.380. The van der Waals surface area contributed by atoms with E-state index in [1.54, 1.807) is 0 Å². The van der Waals surface area contributed by atoms with Gasteiger partial charge in [0.05, 0.1) is 0 Å². The van der Waals surface area contributed by atoms with Gasteiger partial charge in [0.15, 0.2) is 0 Å². The molecule has 0 nitrogen and oxygen atoms in total. The lowest BCUT2D eigenvalue weighted by Crippen LogP contribution is -1.82. The van der Waals surface area contributed by atoms with E-state index in [1.807, 2.05) is 6.07 Å². The fourth-order valence-electron chi connectivity index (χ4n) is 1.39. The molecule has 0 aliphatic heterocycles. The zero-order valence-electron chi connectivity index (χ0n) is 7.68. The SMILES string of the molecule is Brc1cccc(-c2cc(I)cc(I)c2)c1. The molecule has 2 rings (SSSR count). The van der Waals surface area contributed by atoms with Crippen molar-refractivity contribution in [3.8, 4) is 11.1 Å². The maximum absolute atomic E-state index is 3.49. The van der Waals surface area contributed by atoms with Gasteiger partial charge in [-0.2, -0.15) is 0 Å². The van der Waals surface area contributed by atoms with Crippen LogP contribution in [0, 0.1) is 7.14 Å². The minimum Gasteiger partial charge on any atom is -0.0605 e. The van der Waals surface area contributed by atoms with E-state index in [-0.39, 0.29) is 0 Å². The van der Waals surface area contributed by atoms with Crippen molar-refractivity contribution in [2.75, 3.05) is 0 Å². The van der Waals surface area contributed by atoms with Crippen LogP contribution < -0.4 is 0 Å². The highest BCUT2D eigenvalue weighted by Gasteiger charge is 2.01. The maximum atomic E-state index is 3.49. The molecule has 0 N–H and O–H groups in total. The number of halogens is 3. The molecule has 0 atom stereocenters. The van der Waals surface area contributed by atoms with E-state index < -0.39 is 0 Å². The zero-order chi connectivity index (χ0) is 10.8. The summed E-state index contributed by atoms with van der Waals surface area (Å²) in [6.07, 6.45) is 0. The molecule has 3 heteroatoms. The number of hydrogen-bond donors (Lipinski definition) is 0. The van der Waals surface area contributed by atoms with Gasteiger partial charge in [0.25, 0.3) is 0 Å². The van der Waals surface area contributed by atoms with Crippen molar-refractivity contribution < 1.29 is 0 Å². The van der Waals surface area contributed by atoms with Crippen molar-refractivity contribution in [1.29, 1.82) is 0 Å². The summed E-state index contributed by atoms with van der Waals surface area (Å²) in [7, 11) is 0. The molecule has 0 aliphatic carbocycles. The van der Waals surface area contributed by atoms with E-state index in [9.17, 15) is 0 Å². The highest BCUT2D eigenvalue weighted by atomic mass is 127. The van der Waals surface area contributed by atoms with E-state index in [0.29, 0.717) is 0 Å². The first-order valence-electron chi connectivity index (χ1n) is 4.37. The molecule has 0 radical (unpaired) electrons. The van der Waals surface area contributed by atoms with Crippen molar-refractivity contribution in [3.63, 3.8) is 0 Å². The van der Waals surface area contributed by atoms with Crippen molar-refractivity contribution >= 4 is 61.1 Å². The van der Waals surface area contributed by atoms with Crippen LogP contribution >= 0.6 is 61.1 Å². The number of benzene rings is 2. The first-order chi connectivity index (χ1) is 7.15. The van der Waals surface area contributed by atoms with Gasteiger partial charge in [-0.3, -0.25) is 0 Å². The van der Waals surface area contributed by atoms with E-state index in [0.717, 1.165) is 4.47 Å². The van der Waals surface area contributed by atoms with Crippen molar-refractivity contribution in [1.82, 2.24) is 0 Å². The Balaban J connectivity index is 2.54. The molecular weight excluding hydrogens is 478 g/mol. The Morgan fingerprint density at radius 1 is 0.800 bits per heavy atom. The van der Waals surface area contributed by atoms with Crippen molar-refractivity contribution in [3.05, 3.63) is 54.1 Å². The zero-order valence-corrected chi connectivity index (χ0v) is 13.6. The highest BCUT2D eigenvalue weighted by molar-refractivity contribution is 14.1. The Labute approximate surface area is 125 Å². The van der Waals surface area contributed by atoms with Crippen LogP contribution in [0.1, 0.15) is 0 Å². The summed E-state index contributed by atoms with van der Waals surface area (Å²) in [5.41, 5.74) is 2.52. The minimum absolute atomic E-state index is 1.12. The molecular formula is C12H7BrI2. The van der Waals surface area contributed by atoms with Crippen LogP contribution in [0.4, 0.5) is 0 Å². The van der Waals surface area contributed by atoms with Crippen LogP contribution in [-0.4, -0.2) is 0 Å². The van der Waals surface area contributed by atoms with Crippen molar-refractivity contribution in [2.45, 2.75) is 0 Å². The molecule has 0 amide bonds. The second-order valence-corrected chi connectivity index (χ2v) is 6.58. The van der Waals surface area contributed by atoms with E-state index in [1.165, 1.54) is 18.3 Å². The molecule has 0 spiro atoms. The third kappa shape index (κ3) is 3.17. The van der Waals surface area contributed by atoms with Crippen LogP contribution in [0.15, 0.2) is 46.9 Å². The summed E-state index contributed by atoms with van der Waals surface area (Å²) in [5.74, 6) is 0. The topological polar surface area (TPSA) is 0 Å². The summed E-state index contributed by atoms with van der Waals surface area (Å²) in [6.45, 7) is 0. The third-order valence-corrected chi connectivity index (χ3v) is 3.76. The molecule has 0 unspecified atom stereocenters. The monoisotopic (exact) mass is 484 g/mol. The molecule has 0 heterocycles. The Bertz CT molecular complexity index is 474. The number of rotatable bonds is 1. The molecule has 0 saturated carbocycles. The van der Waals surface area contributed by atoms with Gasteiger partial charge < -0.3 is 0 Å². The second-order valence-electron chi connectivity index (χ2n) is 3.17. The fourth-order valence-corrected chi connectivity index (χ4v) is 3.73. The maximum Gasteiger partial charge on any atom is 0.0181 e. The van der Waals surface area contributed by atoms with Gasteiger partial charge in [0.1, 0.15) is 0 Å². The Kier molecular flexibility index (Phi) is 4.06. The minimum atomic E-state index is 1.12. The van der Waals surface area contributed by atoms with E-state index in [2.05, 4.69) is 97.5 Å². The van der Waals surface area contributed by atoms with E-state index >= 15 is 0 Å². The van der Waals surface area contributed by atoms with Crippen LogP contribution in [0.5, 0.6) is 0 Å². The van der Waals surface area contributed by atoms with Crippen LogP contribution in [0.3, 0.4) is 0 Å². The van der Waals surface area contributed by atoms with Gasteiger partial charge in [-0.15, -0.1) is 0 Å². The van der Waals surface area contributed by atoms with Gasteiger partial charge in [0, 0.05) is 11.6 Å². The fraction of sp³-hybridized carbons (Fsp3) is 0. The van der Waals surface area contributed by atoms with Gasteiger partial charge in [-0.25, -0.2) is 0 Å². The lowest BCUT2D eigenvalue weighted by molar-refractivity contribution is 1.54. The largest absolute Gasteiger partial charge is 0.0605 e. The van der Waals surface area contributed by atoms with Gasteiger partial charge >= 0.3 is 0 Å². The Morgan fingerprint density at radius 3 is 2.07 bits per heavy atom. The third-order valence-electron chi connectivity index (χ3n) is 2.02. The molecule has 15 heavy (non-hydrogen) atoms. The molecule has 0 saturated heterocycles. The molecule has 0 bridgehead atoms. The summed E-state index contributed by atoms with van der Waals surface area (Å²) in [5, 5.41) is 0. The predicted octanol–water partition coefficient (Wildman–Crippen LogP) is 5.33. The standard InChI is InChI=1S/C12H7BrI2/c13-10-3-1-2-8(4-10)9-5-11(14)7-12(15)6-9/h1-7H. The van der Waals surface area contributed by atoms with E-state index in [4.69, 9.17) is 0 Å². The van der Waals surface area contributed by atoms with Crippen LogP contribution in [-0.2, 0) is 0 Å². The molecule has 0 aromatic heterocycles. The summed E-state index contributed by atoms with van der Waals surface area (Å²) < 4.78 is 3.66. The average Bonchev–Trinajstić information content (AvgIpc) is 2.16. The van der Waals surface area contributed by atoms with Crippen LogP contribution in [0.2, 0.25) is 0 Å². The summed E-state index contributed by atoms with van der Waals surface area (Å²) in [4.78, 5) is 0. The lowest BCUT2D eigenvalue weighted by atomic mass is 10.1. The summed E-state index contributed by atoms with van der Waals surface area (Å²) >= 11 is 8.19. The first kappa shape index (κ1) is 11.9. The molecule has 0 aliphatic rings. The van der Waals surface area contributed by atoms with Crippen LogP contribution in [0.25, 0.3) is 11.1 Å². The van der Waals surface area contributed by atoms with Gasteiger partial charge in [-0.05, 0) is 86.6 Å².